The number of carbonyl (C=O) groups excluding carboxylic acids is 1. The summed E-state index contributed by atoms with van der Waals surface area (Å²) in [6.45, 7) is 2.70. The van der Waals surface area contributed by atoms with Crippen molar-refractivity contribution in [3.05, 3.63) is 0 Å². The summed E-state index contributed by atoms with van der Waals surface area (Å²) in [6, 6.07) is -0.324. The number of carboxylic acids is 1. The van der Waals surface area contributed by atoms with Gasteiger partial charge in [-0.15, -0.1) is 0 Å². The fraction of sp³-hybridized carbons (Fsp3) is 0.833. The van der Waals surface area contributed by atoms with Gasteiger partial charge in [-0.2, -0.15) is 0 Å². The lowest BCUT2D eigenvalue weighted by Crippen LogP contribution is -2.42. The SMILES string of the molecule is CCC1(C(=O)O)CCN(C(=O)NCCCS(C)(=O)=O)C1. The molecule has 1 fully saturated rings. The van der Waals surface area contributed by atoms with Gasteiger partial charge < -0.3 is 15.3 Å². The molecule has 0 aromatic carbocycles. The highest BCUT2D eigenvalue weighted by Crippen LogP contribution is 2.34. The first-order valence-electron chi connectivity index (χ1n) is 6.64. The zero-order valence-electron chi connectivity index (χ0n) is 11.9. The molecule has 1 rings (SSSR count). The molecule has 1 unspecified atom stereocenters. The summed E-state index contributed by atoms with van der Waals surface area (Å²) in [4.78, 5) is 24.6. The normalized spacial score (nSPS) is 22.8. The third-order valence-electron chi connectivity index (χ3n) is 3.74. The van der Waals surface area contributed by atoms with Crippen LogP contribution in [0.25, 0.3) is 0 Å². The Bertz CT molecular complexity index is 476. The molecule has 1 heterocycles. The zero-order valence-corrected chi connectivity index (χ0v) is 12.7. The first-order valence-corrected chi connectivity index (χ1v) is 8.70. The van der Waals surface area contributed by atoms with Crippen LogP contribution in [-0.4, -0.2) is 62.1 Å². The van der Waals surface area contributed by atoms with Gasteiger partial charge in [0, 0.05) is 25.9 Å². The van der Waals surface area contributed by atoms with E-state index in [-0.39, 0.29) is 24.9 Å². The van der Waals surface area contributed by atoms with Crippen molar-refractivity contribution in [2.75, 3.05) is 31.6 Å². The van der Waals surface area contributed by atoms with Gasteiger partial charge in [0.15, 0.2) is 0 Å². The maximum atomic E-state index is 11.9. The van der Waals surface area contributed by atoms with Crippen LogP contribution < -0.4 is 5.32 Å². The quantitative estimate of drug-likeness (QED) is 0.688. The fourth-order valence-electron chi connectivity index (χ4n) is 2.30. The number of aliphatic carboxylic acids is 1. The van der Waals surface area contributed by atoms with Crippen molar-refractivity contribution in [2.45, 2.75) is 26.2 Å². The Labute approximate surface area is 119 Å². The van der Waals surface area contributed by atoms with Gasteiger partial charge in [0.25, 0.3) is 0 Å². The number of sulfone groups is 1. The molecule has 8 heteroatoms. The first kappa shape index (κ1) is 16.7. The summed E-state index contributed by atoms with van der Waals surface area (Å²) in [7, 11) is -3.02. The largest absolute Gasteiger partial charge is 0.481 e. The van der Waals surface area contributed by atoms with Crippen molar-refractivity contribution < 1.29 is 23.1 Å². The molecule has 1 aliphatic heterocycles. The molecule has 7 nitrogen and oxygen atoms in total. The van der Waals surface area contributed by atoms with E-state index in [2.05, 4.69) is 5.32 Å². The minimum absolute atomic E-state index is 0.0291. The highest BCUT2D eigenvalue weighted by atomic mass is 32.2. The molecular formula is C12H22N2O5S. The highest BCUT2D eigenvalue weighted by Gasteiger charge is 2.44. The van der Waals surface area contributed by atoms with Crippen LogP contribution in [0.3, 0.4) is 0 Å². The topological polar surface area (TPSA) is 104 Å². The van der Waals surface area contributed by atoms with Crippen molar-refractivity contribution in [2.24, 2.45) is 5.41 Å². The standard InChI is InChI=1S/C12H22N2O5S/c1-3-12(10(15)16)5-7-14(9-12)11(17)13-6-4-8-20(2,18)19/h3-9H2,1-2H3,(H,13,17)(H,15,16). The van der Waals surface area contributed by atoms with E-state index in [1.165, 1.54) is 4.90 Å². The second kappa shape index (κ2) is 6.43. The van der Waals surface area contributed by atoms with Crippen LogP contribution in [0.15, 0.2) is 0 Å². The third kappa shape index (κ3) is 4.36. The Balaban J connectivity index is 2.41. The smallest absolute Gasteiger partial charge is 0.317 e. The van der Waals surface area contributed by atoms with E-state index in [0.29, 0.717) is 25.8 Å². The lowest BCUT2D eigenvalue weighted by Gasteiger charge is -2.23. The fourth-order valence-corrected chi connectivity index (χ4v) is 2.97. The van der Waals surface area contributed by atoms with E-state index in [0.717, 1.165) is 6.26 Å². The van der Waals surface area contributed by atoms with Crippen molar-refractivity contribution in [3.63, 3.8) is 0 Å². The van der Waals surface area contributed by atoms with Gasteiger partial charge in [0.2, 0.25) is 0 Å². The average molecular weight is 306 g/mol. The molecule has 0 aliphatic carbocycles. The Kier molecular flexibility index (Phi) is 5.38. The summed E-state index contributed by atoms with van der Waals surface area (Å²) in [5, 5.41) is 11.9. The van der Waals surface area contributed by atoms with Crippen molar-refractivity contribution >= 4 is 21.8 Å². The van der Waals surface area contributed by atoms with E-state index in [1.54, 1.807) is 0 Å². The van der Waals surface area contributed by atoms with Crippen molar-refractivity contribution in [1.29, 1.82) is 0 Å². The molecule has 2 N–H and O–H groups in total. The van der Waals surface area contributed by atoms with E-state index < -0.39 is 21.2 Å². The maximum absolute atomic E-state index is 11.9. The van der Waals surface area contributed by atoms with Gasteiger partial charge in [-0.25, -0.2) is 13.2 Å². The molecule has 0 bridgehead atoms. The predicted molar refractivity (Wildman–Crippen MR) is 74.3 cm³/mol. The number of urea groups is 1. The first-order chi connectivity index (χ1) is 9.20. The monoisotopic (exact) mass is 306 g/mol. The number of hydrogen-bond donors (Lipinski definition) is 2. The molecule has 0 aromatic rings. The van der Waals surface area contributed by atoms with Crippen LogP contribution in [0.2, 0.25) is 0 Å². The number of likely N-dealkylation sites (tertiary alicyclic amines) is 1. The summed E-state index contributed by atoms with van der Waals surface area (Å²) in [5.74, 6) is -0.839. The van der Waals surface area contributed by atoms with Crippen LogP contribution in [-0.2, 0) is 14.6 Å². The Morgan fingerprint density at radius 2 is 2.05 bits per heavy atom. The van der Waals surface area contributed by atoms with Crippen LogP contribution in [0.1, 0.15) is 26.2 Å². The third-order valence-corrected chi connectivity index (χ3v) is 4.77. The number of rotatable bonds is 6. The van der Waals surface area contributed by atoms with E-state index in [4.69, 9.17) is 0 Å². The molecule has 1 atom stereocenters. The van der Waals surface area contributed by atoms with Crippen LogP contribution in [0.5, 0.6) is 0 Å². The molecule has 20 heavy (non-hydrogen) atoms. The van der Waals surface area contributed by atoms with Gasteiger partial charge >= 0.3 is 12.0 Å². The average Bonchev–Trinajstić information content (AvgIpc) is 2.79. The molecular weight excluding hydrogens is 284 g/mol. The number of amides is 2. The summed E-state index contributed by atoms with van der Waals surface area (Å²) >= 11 is 0. The summed E-state index contributed by atoms with van der Waals surface area (Å²) in [5.41, 5.74) is -0.843. The van der Waals surface area contributed by atoms with Crippen LogP contribution >= 0.6 is 0 Å². The molecule has 0 spiro atoms. The van der Waals surface area contributed by atoms with Gasteiger partial charge in [-0.3, -0.25) is 4.79 Å². The van der Waals surface area contributed by atoms with Gasteiger partial charge in [0.05, 0.1) is 11.2 Å². The number of carboxylic acid groups (broad SMARTS) is 1. The van der Waals surface area contributed by atoms with Crippen LogP contribution in [0, 0.1) is 5.41 Å². The second-order valence-corrected chi connectivity index (χ2v) is 7.59. The van der Waals surface area contributed by atoms with Gasteiger partial charge in [-0.05, 0) is 19.3 Å². The number of hydrogen-bond acceptors (Lipinski definition) is 4. The number of carbonyl (C=O) groups is 2. The lowest BCUT2D eigenvalue weighted by atomic mass is 9.84. The van der Waals surface area contributed by atoms with E-state index in [9.17, 15) is 23.1 Å². The highest BCUT2D eigenvalue weighted by molar-refractivity contribution is 7.90. The van der Waals surface area contributed by atoms with Gasteiger partial charge in [-0.1, -0.05) is 6.92 Å². The van der Waals surface area contributed by atoms with E-state index in [1.807, 2.05) is 6.92 Å². The number of nitrogens with zero attached hydrogens (tertiary/aromatic N) is 1. The Morgan fingerprint density at radius 3 is 2.50 bits per heavy atom. The molecule has 0 saturated carbocycles. The van der Waals surface area contributed by atoms with Crippen LogP contribution in [0.4, 0.5) is 4.79 Å². The molecule has 1 saturated heterocycles. The maximum Gasteiger partial charge on any atom is 0.317 e. The van der Waals surface area contributed by atoms with E-state index >= 15 is 0 Å². The molecule has 1 aliphatic rings. The minimum atomic E-state index is -3.02. The van der Waals surface area contributed by atoms with Crippen molar-refractivity contribution in [3.8, 4) is 0 Å². The van der Waals surface area contributed by atoms with Crippen molar-refractivity contribution in [1.82, 2.24) is 10.2 Å². The second-order valence-electron chi connectivity index (χ2n) is 5.33. The molecule has 116 valence electrons. The summed E-state index contributed by atoms with van der Waals surface area (Å²) in [6.07, 6.45) is 2.45. The molecule has 0 aromatic heterocycles. The predicted octanol–water partition coefficient (Wildman–Crippen LogP) is 0.317. The van der Waals surface area contributed by atoms with Gasteiger partial charge in [0.1, 0.15) is 9.84 Å². The Morgan fingerprint density at radius 1 is 1.40 bits per heavy atom. The summed E-state index contributed by atoms with van der Waals surface area (Å²) < 4.78 is 21.9. The molecule has 0 radical (unpaired) electrons. The Hall–Kier alpha value is -1.31. The number of nitrogens with one attached hydrogen (secondary N) is 1. The minimum Gasteiger partial charge on any atom is -0.481 e. The lowest BCUT2D eigenvalue weighted by molar-refractivity contribution is -0.148. The zero-order chi connectivity index (χ0) is 15.4. The molecule has 2 amide bonds.